The van der Waals surface area contributed by atoms with Gasteiger partial charge in [-0.1, -0.05) is 36.7 Å². The van der Waals surface area contributed by atoms with E-state index in [1.807, 2.05) is 18.7 Å². The van der Waals surface area contributed by atoms with E-state index in [4.69, 9.17) is 19.7 Å². The minimum absolute atomic E-state index is 0.0278. The van der Waals surface area contributed by atoms with Gasteiger partial charge in [0.15, 0.2) is 6.29 Å². The zero-order valence-electron chi connectivity index (χ0n) is 15.2. The molecule has 3 unspecified atom stereocenters. The van der Waals surface area contributed by atoms with E-state index >= 15 is 0 Å². The minimum Gasteiger partial charge on any atom is -0.459 e. The summed E-state index contributed by atoms with van der Waals surface area (Å²) < 4.78 is 17.0. The molecule has 10 nitrogen and oxygen atoms in total. The smallest absolute Gasteiger partial charge is 0.325 e. The van der Waals surface area contributed by atoms with Gasteiger partial charge in [0.1, 0.15) is 12.2 Å². The maximum atomic E-state index is 11.4. The van der Waals surface area contributed by atoms with Gasteiger partial charge in [-0.05, 0) is 18.4 Å². The highest BCUT2D eigenvalue weighted by molar-refractivity contribution is 7.77. The first-order valence-corrected chi connectivity index (χ1v) is 8.89. The summed E-state index contributed by atoms with van der Waals surface area (Å²) in [6.07, 6.45) is -0.0802. The second kappa shape index (κ2) is 12.0. The van der Waals surface area contributed by atoms with Crippen molar-refractivity contribution in [2.75, 3.05) is 13.2 Å². The molecule has 1 aliphatic rings. The molecule has 1 saturated heterocycles. The molecule has 0 amide bonds. The third-order valence-electron chi connectivity index (χ3n) is 4.30. The number of ether oxygens (including phenoxy) is 3. The van der Waals surface area contributed by atoms with Crippen LogP contribution in [0, 0.1) is 11.8 Å². The molecule has 0 aromatic heterocycles. The van der Waals surface area contributed by atoms with Gasteiger partial charge in [-0.25, -0.2) is 0 Å². The van der Waals surface area contributed by atoms with E-state index in [9.17, 15) is 9.59 Å². The van der Waals surface area contributed by atoms with Crippen molar-refractivity contribution < 1.29 is 28.6 Å². The van der Waals surface area contributed by atoms with Crippen molar-refractivity contribution in [3.8, 4) is 0 Å². The molecule has 11 heteroatoms. The molecule has 1 heterocycles. The third kappa shape index (κ3) is 7.38. The van der Waals surface area contributed by atoms with Gasteiger partial charge in [0, 0.05) is 36.7 Å². The van der Waals surface area contributed by atoms with Crippen LogP contribution in [0.15, 0.2) is 5.11 Å². The molecule has 0 bridgehead atoms. The van der Waals surface area contributed by atoms with Gasteiger partial charge >= 0.3 is 11.9 Å². The lowest BCUT2D eigenvalue weighted by Crippen LogP contribution is -2.52. The Hall–Kier alpha value is -1.52. The van der Waals surface area contributed by atoms with Gasteiger partial charge in [0.05, 0.1) is 6.54 Å². The number of azide groups is 1. The Bertz CT molecular complexity index is 516. The number of nitrogens with zero attached hydrogens (tertiary/aromatic N) is 3. The summed E-state index contributed by atoms with van der Waals surface area (Å²) in [4.78, 5) is 31.8. The summed E-state index contributed by atoms with van der Waals surface area (Å²) in [5.74, 6) is -0.868. The molecule has 0 aliphatic carbocycles. The van der Waals surface area contributed by atoms with Crippen LogP contribution in [-0.2, 0) is 28.6 Å². The number of hydrogen-bond acceptors (Lipinski definition) is 9. The molecule has 1 fully saturated rings. The minimum atomic E-state index is -0.567. The Morgan fingerprint density at radius 2 is 2.04 bits per heavy atom. The van der Waals surface area contributed by atoms with Gasteiger partial charge in [-0.2, -0.15) is 0 Å². The monoisotopic (exact) mass is 390 g/mol. The van der Waals surface area contributed by atoms with Crippen LogP contribution >= 0.6 is 12.8 Å². The van der Waals surface area contributed by atoms with E-state index in [0.717, 1.165) is 0 Å². The van der Waals surface area contributed by atoms with Crippen molar-refractivity contribution in [2.45, 2.75) is 58.5 Å². The molecule has 1 N–H and O–H groups in total. The van der Waals surface area contributed by atoms with Crippen molar-refractivity contribution in [3.05, 3.63) is 10.4 Å². The predicted molar refractivity (Wildman–Crippen MR) is 94.6 cm³/mol. The highest BCUT2D eigenvalue weighted by atomic mass is 32.1. The van der Waals surface area contributed by atoms with Gasteiger partial charge in [-0.15, -0.1) is 0 Å². The van der Waals surface area contributed by atoms with Gasteiger partial charge in [-0.3, -0.25) is 9.59 Å². The molecule has 1 aliphatic heterocycles. The molecular formula is C15H26N4O6S. The van der Waals surface area contributed by atoms with E-state index in [0.29, 0.717) is 19.4 Å². The average Bonchev–Trinajstić information content (AvgIpc) is 2.59. The SMILES string of the molecule is CC(=O)O[C@H]1C(CN=[N+]=[N-])OC(OCCCCC(=O)ONS)C(C)[C@H]1C. The first-order valence-electron chi connectivity index (χ1n) is 8.44. The lowest BCUT2D eigenvalue weighted by Gasteiger charge is -2.43. The highest BCUT2D eigenvalue weighted by Crippen LogP contribution is 2.33. The zero-order chi connectivity index (χ0) is 19.5. The van der Waals surface area contributed by atoms with Crippen molar-refractivity contribution in [1.82, 2.24) is 4.89 Å². The van der Waals surface area contributed by atoms with E-state index < -0.39 is 30.4 Å². The van der Waals surface area contributed by atoms with E-state index in [2.05, 4.69) is 27.7 Å². The molecule has 1 rings (SSSR count). The molecule has 0 spiro atoms. The van der Waals surface area contributed by atoms with E-state index in [-0.39, 0.29) is 24.8 Å². The molecule has 0 radical (unpaired) electrons. The molecular weight excluding hydrogens is 364 g/mol. The maximum absolute atomic E-state index is 11.4. The number of nitrogens with one attached hydrogen (secondary N) is 1. The fourth-order valence-corrected chi connectivity index (χ4v) is 2.86. The molecule has 0 aromatic carbocycles. The lowest BCUT2D eigenvalue weighted by atomic mass is 9.84. The van der Waals surface area contributed by atoms with E-state index in [1.165, 1.54) is 6.92 Å². The normalized spacial score (nSPS) is 28.1. The molecule has 5 atom stereocenters. The summed E-state index contributed by atoms with van der Waals surface area (Å²) >= 11 is 3.58. The molecule has 0 aromatic rings. The topological polar surface area (TPSA) is 132 Å². The highest BCUT2D eigenvalue weighted by Gasteiger charge is 2.43. The number of hydrogen-bond donors (Lipinski definition) is 2. The second-order valence-corrected chi connectivity index (χ2v) is 6.32. The zero-order valence-corrected chi connectivity index (χ0v) is 16.1. The van der Waals surface area contributed by atoms with Crippen molar-refractivity contribution in [3.63, 3.8) is 0 Å². The summed E-state index contributed by atoms with van der Waals surface area (Å²) in [6.45, 7) is 5.68. The number of unbranched alkanes of at least 4 members (excludes halogenated alkanes) is 1. The van der Waals surface area contributed by atoms with Gasteiger partial charge < -0.3 is 19.0 Å². The Morgan fingerprint density at radius 3 is 2.65 bits per heavy atom. The maximum Gasteiger partial charge on any atom is 0.325 e. The number of esters is 1. The fourth-order valence-electron chi connectivity index (χ4n) is 2.76. The van der Waals surface area contributed by atoms with Crippen LogP contribution in [0.5, 0.6) is 0 Å². The van der Waals surface area contributed by atoms with Gasteiger partial charge in [0.25, 0.3) is 0 Å². The van der Waals surface area contributed by atoms with Crippen molar-refractivity contribution in [1.29, 1.82) is 0 Å². The third-order valence-corrected chi connectivity index (χ3v) is 4.39. The quantitative estimate of drug-likeness (QED) is 0.111. The van der Waals surface area contributed by atoms with Crippen LogP contribution in [0.25, 0.3) is 10.4 Å². The van der Waals surface area contributed by atoms with Gasteiger partial charge in [0.2, 0.25) is 0 Å². The first-order chi connectivity index (χ1) is 12.4. The molecule has 148 valence electrons. The first kappa shape index (κ1) is 22.5. The molecule has 0 saturated carbocycles. The Morgan fingerprint density at radius 1 is 1.31 bits per heavy atom. The van der Waals surface area contributed by atoms with Crippen molar-refractivity contribution in [2.24, 2.45) is 17.0 Å². The standard InChI is InChI=1S/C15H26N4O6S/c1-9-10(2)15(22-7-5-4-6-13(21)25-19-26)24-12(8-17-18-16)14(9)23-11(3)20/h9-10,12,14-15,19,26H,4-8H2,1-3H3/t9-,10?,12?,14-,15?/m1/s1. The summed E-state index contributed by atoms with van der Waals surface area (Å²) in [6, 6.07) is 0. The Balaban J connectivity index is 2.54. The summed E-state index contributed by atoms with van der Waals surface area (Å²) in [5.41, 5.74) is 8.55. The average molecular weight is 390 g/mol. The number of rotatable bonds is 10. The number of carbonyl (C=O) groups excluding carboxylic acids is 2. The Labute approximate surface area is 158 Å². The predicted octanol–water partition coefficient (Wildman–Crippen LogP) is 2.31. The largest absolute Gasteiger partial charge is 0.459 e. The summed E-state index contributed by atoms with van der Waals surface area (Å²) in [5, 5.41) is 3.54. The number of carbonyl (C=O) groups is 2. The van der Waals surface area contributed by atoms with Crippen LogP contribution in [0.1, 0.15) is 40.0 Å². The van der Waals surface area contributed by atoms with Crippen molar-refractivity contribution >= 4 is 24.8 Å². The number of thiol groups is 1. The lowest BCUT2D eigenvalue weighted by molar-refractivity contribution is -0.264. The van der Waals surface area contributed by atoms with Crippen LogP contribution in [0.4, 0.5) is 0 Å². The summed E-state index contributed by atoms with van der Waals surface area (Å²) in [7, 11) is 0. The van der Waals surface area contributed by atoms with Crippen LogP contribution in [0.2, 0.25) is 0 Å². The van der Waals surface area contributed by atoms with E-state index in [1.54, 1.807) is 0 Å². The fraction of sp³-hybridized carbons (Fsp3) is 0.867. The van der Waals surface area contributed by atoms with Crippen LogP contribution < -0.4 is 4.89 Å². The van der Waals surface area contributed by atoms with Crippen LogP contribution in [0.3, 0.4) is 0 Å². The second-order valence-electron chi connectivity index (χ2n) is 6.14. The molecule has 26 heavy (non-hydrogen) atoms. The van der Waals surface area contributed by atoms with Crippen LogP contribution in [-0.4, -0.2) is 43.6 Å². The Kier molecular flexibility index (Phi) is 10.4.